The number of rotatable bonds is 2. The van der Waals surface area contributed by atoms with Gasteiger partial charge in [0.1, 0.15) is 0 Å². The molecule has 144 valence electrons. The van der Waals surface area contributed by atoms with Crippen molar-refractivity contribution in [2.24, 2.45) is 0 Å². The summed E-state index contributed by atoms with van der Waals surface area (Å²) in [4.78, 5) is 31.8. The number of nitrogens with one attached hydrogen (secondary N) is 1. The summed E-state index contributed by atoms with van der Waals surface area (Å²) in [6.45, 7) is 0. The molecule has 0 saturated carbocycles. The second kappa shape index (κ2) is 6.18. The Morgan fingerprint density at radius 3 is 2.17 bits per heavy atom. The molecular weight excluding hydrogens is 394 g/mol. The van der Waals surface area contributed by atoms with Gasteiger partial charge in [-0.2, -0.15) is 0 Å². The molecule has 0 bridgehead atoms. The van der Waals surface area contributed by atoms with Gasteiger partial charge in [-0.25, -0.2) is 4.98 Å². The molecule has 1 aromatic heterocycles. The van der Waals surface area contributed by atoms with Gasteiger partial charge >= 0.3 is 0 Å². The minimum absolute atomic E-state index is 0.279. The molecule has 0 saturated heterocycles. The van der Waals surface area contributed by atoms with Gasteiger partial charge in [-0.05, 0) is 6.07 Å². The zero-order chi connectivity index (χ0) is 20.3. The lowest BCUT2D eigenvalue weighted by molar-refractivity contribution is -0.117. The van der Waals surface area contributed by atoms with E-state index in [1.807, 2.05) is 84.9 Å². The smallest absolute Gasteiger partial charge is 0.264 e. The Balaban J connectivity index is 1.61. The van der Waals surface area contributed by atoms with Crippen molar-refractivity contribution in [2.45, 2.75) is 9.90 Å². The lowest BCUT2D eigenvalue weighted by Gasteiger charge is -2.18. The monoisotopic (exact) mass is 409 g/mol. The minimum Gasteiger partial charge on any atom is -0.324 e. The minimum atomic E-state index is -1.34. The summed E-state index contributed by atoms with van der Waals surface area (Å²) >= 11 is 1.22. The molecule has 0 unspecified atom stereocenters. The molecular formula is C24H15N3O2S. The van der Waals surface area contributed by atoms with Crippen LogP contribution in [0.3, 0.4) is 0 Å². The Hall–Kier alpha value is -3.64. The lowest BCUT2D eigenvalue weighted by atomic mass is 9.97. The van der Waals surface area contributed by atoms with Crippen molar-refractivity contribution in [1.82, 2.24) is 9.55 Å². The van der Waals surface area contributed by atoms with Gasteiger partial charge in [0.25, 0.3) is 11.8 Å². The molecule has 6 rings (SSSR count). The summed E-state index contributed by atoms with van der Waals surface area (Å²) in [6.07, 6.45) is 0. The number of nitrogens with zero attached hydrogens (tertiary/aromatic N) is 2. The number of amides is 1. The highest BCUT2D eigenvalue weighted by molar-refractivity contribution is 8.02. The fourth-order valence-corrected chi connectivity index (χ4v) is 5.49. The van der Waals surface area contributed by atoms with E-state index in [4.69, 9.17) is 4.98 Å². The average molecular weight is 409 g/mol. The molecule has 2 aliphatic heterocycles. The number of anilines is 1. The number of carbonyl (C=O) groups is 2. The van der Waals surface area contributed by atoms with Crippen LogP contribution in [0.1, 0.15) is 10.4 Å². The van der Waals surface area contributed by atoms with Crippen molar-refractivity contribution >= 4 is 29.3 Å². The van der Waals surface area contributed by atoms with E-state index in [0.29, 0.717) is 22.1 Å². The molecule has 3 aromatic carbocycles. The van der Waals surface area contributed by atoms with Crippen LogP contribution in [0.15, 0.2) is 90.1 Å². The summed E-state index contributed by atoms with van der Waals surface area (Å²) in [7, 11) is 0. The molecule has 6 heteroatoms. The summed E-state index contributed by atoms with van der Waals surface area (Å²) in [5.74, 6) is -0.594. The van der Waals surface area contributed by atoms with Crippen molar-refractivity contribution in [1.29, 1.82) is 0 Å². The molecule has 1 spiro atoms. The molecule has 4 aromatic rings. The number of thioether (sulfide) groups is 1. The Morgan fingerprint density at radius 1 is 0.800 bits per heavy atom. The number of benzene rings is 3. The third-order valence-electron chi connectivity index (χ3n) is 5.56. The second-order valence-corrected chi connectivity index (χ2v) is 8.43. The number of fused-ring (bicyclic) bond motifs is 3. The highest BCUT2D eigenvalue weighted by atomic mass is 32.2. The average Bonchev–Trinajstić information content (AvgIpc) is 3.40. The molecule has 2 aliphatic rings. The van der Waals surface area contributed by atoms with Crippen LogP contribution < -0.4 is 5.32 Å². The second-order valence-electron chi connectivity index (χ2n) is 7.25. The van der Waals surface area contributed by atoms with Crippen LogP contribution in [0.5, 0.6) is 0 Å². The van der Waals surface area contributed by atoms with E-state index < -0.39 is 4.75 Å². The zero-order valence-corrected chi connectivity index (χ0v) is 16.5. The predicted octanol–water partition coefficient (Wildman–Crippen LogP) is 4.81. The summed E-state index contributed by atoms with van der Waals surface area (Å²) in [5.41, 5.74) is 4.63. The Kier molecular flexibility index (Phi) is 3.55. The molecule has 5 nitrogen and oxygen atoms in total. The van der Waals surface area contributed by atoms with Crippen LogP contribution in [0, 0.1) is 0 Å². The van der Waals surface area contributed by atoms with Crippen molar-refractivity contribution in [3.63, 3.8) is 0 Å². The third-order valence-corrected chi connectivity index (χ3v) is 6.91. The first-order valence-electron chi connectivity index (χ1n) is 9.58. The van der Waals surface area contributed by atoms with Crippen LogP contribution in [0.25, 0.3) is 22.5 Å². The normalized spacial score (nSPS) is 19.1. The third kappa shape index (κ3) is 2.16. The van der Waals surface area contributed by atoms with Crippen LogP contribution in [0.2, 0.25) is 0 Å². The number of imidazole rings is 1. The van der Waals surface area contributed by atoms with Gasteiger partial charge in [0.05, 0.1) is 11.4 Å². The highest BCUT2D eigenvalue weighted by Crippen LogP contribution is 2.55. The lowest BCUT2D eigenvalue weighted by Crippen LogP contribution is -2.38. The van der Waals surface area contributed by atoms with E-state index in [2.05, 4.69) is 5.32 Å². The van der Waals surface area contributed by atoms with Gasteiger partial charge in [0.15, 0.2) is 5.16 Å². The van der Waals surface area contributed by atoms with Crippen LogP contribution in [0.4, 0.5) is 5.69 Å². The van der Waals surface area contributed by atoms with Gasteiger partial charge < -0.3 is 5.32 Å². The first-order chi connectivity index (χ1) is 14.7. The number of hydrogen-bond acceptors (Lipinski definition) is 4. The van der Waals surface area contributed by atoms with Gasteiger partial charge in [0.2, 0.25) is 4.75 Å². The van der Waals surface area contributed by atoms with E-state index in [9.17, 15) is 9.59 Å². The molecule has 30 heavy (non-hydrogen) atoms. The predicted molar refractivity (Wildman–Crippen MR) is 116 cm³/mol. The van der Waals surface area contributed by atoms with E-state index in [1.54, 1.807) is 4.57 Å². The van der Waals surface area contributed by atoms with Crippen LogP contribution in [-0.2, 0) is 9.54 Å². The Labute approximate surface area is 176 Å². The fraction of sp³-hybridized carbons (Fsp3) is 0.0417. The number of para-hydroxylation sites is 1. The van der Waals surface area contributed by atoms with E-state index >= 15 is 0 Å². The maximum absolute atomic E-state index is 13.9. The number of carbonyl (C=O) groups excluding carboxylic acids is 2. The van der Waals surface area contributed by atoms with E-state index in [-0.39, 0.29) is 11.8 Å². The number of hydrogen-bond donors (Lipinski definition) is 1. The molecule has 0 radical (unpaired) electrons. The zero-order valence-electron chi connectivity index (χ0n) is 15.7. The largest absolute Gasteiger partial charge is 0.324 e. The fourth-order valence-electron chi connectivity index (χ4n) is 4.20. The molecule has 3 heterocycles. The molecule has 1 atom stereocenters. The molecule has 0 fully saturated rings. The van der Waals surface area contributed by atoms with Gasteiger partial charge in [0, 0.05) is 22.4 Å². The summed E-state index contributed by atoms with van der Waals surface area (Å²) in [5, 5.41) is 3.40. The van der Waals surface area contributed by atoms with Gasteiger partial charge in [-0.15, -0.1) is 0 Å². The van der Waals surface area contributed by atoms with Crippen molar-refractivity contribution < 1.29 is 9.59 Å². The Bertz CT molecular complexity index is 1330. The van der Waals surface area contributed by atoms with Gasteiger partial charge in [-0.3, -0.25) is 14.2 Å². The van der Waals surface area contributed by atoms with Gasteiger partial charge in [-0.1, -0.05) is 90.6 Å². The molecule has 1 N–H and O–H groups in total. The molecule has 0 aliphatic carbocycles. The standard InChI is InChI=1S/C24H15N3O2S/c28-21-24(17-13-7-8-14-18(17)25-21)22(29)27-20(16-11-5-2-6-12-16)19(26-23(27)30-24)15-9-3-1-4-10-15/h1-14H,(H,25,28)/t24-/m1/s1. The van der Waals surface area contributed by atoms with Crippen LogP contribution in [-0.4, -0.2) is 21.4 Å². The Morgan fingerprint density at radius 2 is 1.43 bits per heavy atom. The summed E-state index contributed by atoms with van der Waals surface area (Å²) < 4.78 is 0.279. The SMILES string of the molecule is O=C1Nc2ccccc2[C@@]12Sc1nc(-c3ccccc3)c(-c3ccccc3)n1C2=O. The van der Waals surface area contributed by atoms with E-state index in [0.717, 1.165) is 16.8 Å². The first kappa shape index (κ1) is 17.2. The maximum Gasteiger partial charge on any atom is 0.264 e. The quantitative estimate of drug-likeness (QED) is 0.483. The topological polar surface area (TPSA) is 64.0 Å². The summed E-state index contributed by atoms with van der Waals surface area (Å²) in [6, 6.07) is 26.9. The first-order valence-corrected chi connectivity index (χ1v) is 10.4. The van der Waals surface area contributed by atoms with Crippen molar-refractivity contribution in [3.05, 3.63) is 90.5 Å². The highest BCUT2D eigenvalue weighted by Gasteiger charge is 2.60. The number of aromatic nitrogens is 2. The van der Waals surface area contributed by atoms with Crippen molar-refractivity contribution in [3.8, 4) is 22.5 Å². The maximum atomic E-state index is 13.9. The van der Waals surface area contributed by atoms with Crippen LogP contribution >= 0.6 is 11.8 Å². The van der Waals surface area contributed by atoms with Crippen molar-refractivity contribution in [2.75, 3.05) is 5.32 Å². The molecule has 1 amide bonds. The van der Waals surface area contributed by atoms with E-state index in [1.165, 1.54) is 11.8 Å².